The maximum absolute atomic E-state index is 12.2. The van der Waals surface area contributed by atoms with E-state index in [1.807, 2.05) is 6.92 Å². The Labute approximate surface area is 140 Å². The van der Waals surface area contributed by atoms with Crippen molar-refractivity contribution in [3.05, 3.63) is 58.8 Å². The zero-order valence-electron chi connectivity index (χ0n) is 13.7. The Bertz CT molecular complexity index is 896. The maximum Gasteiger partial charge on any atom is 0.271 e. The van der Waals surface area contributed by atoms with Gasteiger partial charge in [-0.25, -0.2) is 4.98 Å². The van der Waals surface area contributed by atoms with Crippen LogP contribution in [0.4, 0.5) is 0 Å². The van der Waals surface area contributed by atoms with Crippen LogP contribution in [0.5, 0.6) is 0 Å². The van der Waals surface area contributed by atoms with Gasteiger partial charge >= 0.3 is 0 Å². The summed E-state index contributed by atoms with van der Waals surface area (Å²) in [5.41, 5.74) is 6.28. The van der Waals surface area contributed by atoms with Crippen molar-refractivity contribution < 1.29 is 4.79 Å². The van der Waals surface area contributed by atoms with E-state index in [-0.39, 0.29) is 5.91 Å². The molecule has 0 saturated carbocycles. The third kappa shape index (κ3) is 2.77. The average Bonchev–Trinajstić information content (AvgIpc) is 2.98. The number of fused-ring (bicyclic) bond motifs is 3. The number of hydrogen-bond acceptors (Lipinski definition) is 3. The molecule has 0 atom stereocenters. The molecule has 0 spiro atoms. The minimum Gasteiger partial charge on any atom is -0.358 e. The fourth-order valence-electron chi connectivity index (χ4n) is 3.35. The summed E-state index contributed by atoms with van der Waals surface area (Å²) in [7, 11) is 0. The number of rotatable bonds is 3. The largest absolute Gasteiger partial charge is 0.358 e. The lowest BCUT2D eigenvalue weighted by Crippen LogP contribution is -2.24. The van der Waals surface area contributed by atoms with Gasteiger partial charge in [-0.1, -0.05) is 6.07 Å². The molecule has 122 valence electrons. The van der Waals surface area contributed by atoms with Crippen molar-refractivity contribution in [2.24, 2.45) is 0 Å². The molecule has 1 aliphatic rings. The van der Waals surface area contributed by atoms with Crippen LogP contribution in [0.1, 0.15) is 45.8 Å². The van der Waals surface area contributed by atoms with E-state index < -0.39 is 0 Å². The number of carbonyl (C=O) groups excluding carboxylic acids is 1. The van der Waals surface area contributed by atoms with Gasteiger partial charge in [0.15, 0.2) is 0 Å². The Hall–Kier alpha value is -2.69. The topological polar surface area (TPSA) is 70.7 Å². The Morgan fingerprint density at radius 2 is 2.08 bits per heavy atom. The molecule has 24 heavy (non-hydrogen) atoms. The zero-order valence-corrected chi connectivity index (χ0v) is 13.7. The summed E-state index contributed by atoms with van der Waals surface area (Å²) in [5, 5.41) is 4.22. The van der Waals surface area contributed by atoms with Gasteiger partial charge in [-0.15, -0.1) is 0 Å². The van der Waals surface area contributed by atoms with Gasteiger partial charge in [0, 0.05) is 29.3 Å². The third-order valence-electron chi connectivity index (χ3n) is 4.63. The fourth-order valence-corrected chi connectivity index (χ4v) is 3.35. The van der Waals surface area contributed by atoms with Gasteiger partial charge in [0.05, 0.1) is 11.9 Å². The average molecular weight is 320 g/mol. The van der Waals surface area contributed by atoms with Crippen LogP contribution in [0, 0.1) is 6.92 Å². The van der Waals surface area contributed by atoms with Crippen molar-refractivity contribution in [1.29, 1.82) is 0 Å². The molecule has 0 unspecified atom stereocenters. The molecule has 5 heteroatoms. The van der Waals surface area contributed by atoms with Crippen molar-refractivity contribution in [1.82, 2.24) is 20.3 Å². The normalized spacial score (nSPS) is 13.7. The summed E-state index contributed by atoms with van der Waals surface area (Å²) in [6.45, 7) is 2.34. The third-order valence-corrected chi connectivity index (χ3v) is 4.63. The Kier molecular flexibility index (Phi) is 3.76. The van der Waals surface area contributed by atoms with Crippen molar-refractivity contribution >= 4 is 16.8 Å². The van der Waals surface area contributed by atoms with Crippen LogP contribution >= 0.6 is 0 Å². The molecule has 0 radical (unpaired) electrons. The summed E-state index contributed by atoms with van der Waals surface area (Å²) < 4.78 is 0. The molecule has 2 N–H and O–H groups in total. The lowest BCUT2D eigenvalue weighted by molar-refractivity contribution is 0.0945. The van der Waals surface area contributed by atoms with E-state index in [0.717, 1.165) is 24.1 Å². The summed E-state index contributed by atoms with van der Waals surface area (Å²) in [5.74, 6) is -0.196. The first-order valence-electron chi connectivity index (χ1n) is 8.40. The first-order chi connectivity index (χ1) is 11.7. The van der Waals surface area contributed by atoms with Crippen molar-refractivity contribution in [3.63, 3.8) is 0 Å². The molecular formula is C19H20N4O. The SMILES string of the molecule is Cc1cnc(C(=O)NCc2ccc3[nH]c4c(c3c2)CCCC4)cn1. The molecule has 0 saturated heterocycles. The number of H-pyrrole nitrogens is 1. The molecule has 0 bridgehead atoms. The highest BCUT2D eigenvalue weighted by molar-refractivity contribution is 5.92. The molecule has 0 fully saturated rings. The van der Waals surface area contributed by atoms with Crippen LogP contribution in [0.25, 0.3) is 10.9 Å². The van der Waals surface area contributed by atoms with Crippen molar-refractivity contribution in [2.45, 2.75) is 39.2 Å². The summed E-state index contributed by atoms with van der Waals surface area (Å²) in [6.07, 6.45) is 7.92. The van der Waals surface area contributed by atoms with Crippen molar-refractivity contribution in [3.8, 4) is 0 Å². The van der Waals surface area contributed by atoms with Gasteiger partial charge in [-0.2, -0.15) is 0 Å². The molecule has 2 heterocycles. The van der Waals surface area contributed by atoms with E-state index in [1.165, 1.54) is 41.2 Å². The van der Waals surface area contributed by atoms with Gasteiger partial charge in [0.25, 0.3) is 5.91 Å². The second-order valence-corrected chi connectivity index (χ2v) is 6.39. The first-order valence-corrected chi connectivity index (χ1v) is 8.40. The summed E-state index contributed by atoms with van der Waals surface area (Å²) in [4.78, 5) is 23.9. The van der Waals surface area contributed by atoms with Crippen LogP contribution in [0.15, 0.2) is 30.6 Å². The molecule has 2 aromatic heterocycles. The molecule has 3 aromatic rings. The van der Waals surface area contributed by atoms with E-state index in [0.29, 0.717) is 12.2 Å². The molecule has 0 aliphatic heterocycles. The van der Waals surface area contributed by atoms with Gasteiger partial charge in [0.2, 0.25) is 0 Å². The van der Waals surface area contributed by atoms with Crippen molar-refractivity contribution in [2.75, 3.05) is 0 Å². The van der Waals surface area contributed by atoms with E-state index in [9.17, 15) is 4.79 Å². The lowest BCUT2D eigenvalue weighted by atomic mass is 9.95. The minimum atomic E-state index is -0.196. The number of aryl methyl sites for hydroxylation is 3. The molecule has 4 rings (SSSR count). The highest BCUT2D eigenvalue weighted by Gasteiger charge is 2.15. The summed E-state index contributed by atoms with van der Waals surface area (Å²) >= 11 is 0. The van der Waals surface area contributed by atoms with E-state index in [4.69, 9.17) is 0 Å². The quantitative estimate of drug-likeness (QED) is 0.779. The van der Waals surface area contributed by atoms with Crippen LogP contribution in [-0.2, 0) is 19.4 Å². The van der Waals surface area contributed by atoms with E-state index in [2.05, 4.69) is 38.5 Å². The maximum atomic E-state index is 12.2. The lowest BCUT2D eigenvalue weighted by Gasteiger charge is -2.10. The van der Waals surface area contributed by atoms with E-state index in [1.54, 1.807) is 6.20 Å². The van der Waals surface area contributed by atoms with Crippen LogP contribution in [-0.4, -0.2) is 20.9 Å². The van der Waals surface area contributed by atoms with Gasteiger partial charge in [-0.3, -0.25) is 9.78 Å². The van der Waals surface area contributed by atoms with Gasteiger partial charge in [-0.05, 0) is 55.9 Å². The Balaban J connectivity index is 1.52. The number of hydrogen-bond donors (Lipinski definition) is 2. The number of amides is 1. The van der Waals surface area contributed by atoms with E-state index >= 15 is 0 Å². The Morgan fingerprint density at radius 3 is 2.92 bits per heavy atom. The number of benzene rings is 1. The smallest absolute Gasteiger partial charge is 0.271 e. The number of aromatic nitrogens is 3. The predicted octanol–water partition coefficient (Wildman–Crippen LogP) is 3.08. The van der Waals surface area contributed by atoms with Crippen LogP contribution in [0.2, 0.25) is 0 Å². The van der Waals surface area contributed by atoms with Crippen LogP contribution < -0.4 is 5.32 Å². The first kappa shape index (κ1) is 14.9. The van der Waals surface area contributed by atoms with Gasteiger partial charge in [0.1, 0.15) is 5.69 Å². The number of aromatic amines is 1. The van der Waals surface area contributed by atoms with Gasteiger partial charge < -0.3 is 10.3 Å². The minimum absolute atomic E-state index is 0.196. The molecule has 1 aliphatic carbocycles. The number of carbonyl (C=O) groups is 1. The molecular weight excluding hydrogens is 300 g/mol. The second-order valence-electron chi connectivity index (χ2n) is 6.39. The molecule has 5 nitrogen and oxygen atoms in total. The molecule has 1 aromatic carbocycles. The highest BCUT2D eigenvalue weighted by atomic mass is 16.1. The number of nitrogens with one attached hydrogen (secondary N) is 2. The number of nitrogens with zero attached hydrogens (tertiary/aromatic N) is 2. The standard InChI is InChI=1S/C19H20N4O/c1-12-9-21-18(11-20-12)19(24)22-10-13-6-7-17-15(8-13)14-4-2-3-5-16(14)23-17/h6-9,11,23H,2-5,10H2,1H3,(H,22,24). The monoisotopic (exact) mass is 320 g/mol. The fraction of sp³-hybridized carbons (Fsp3) is 0.316. The summed E-state index contributed by atoms with van der Waals surface area (Å²) in [6, 6.07) is 6.36. The predicted molar refractivity (Wildman–Crippen MR) is 92.9 cm³/mol. The molecule has 1 amide bonds. The second kappa shape index (κ2) is 6.07. The Morgan fingerprint density at radius 1 is 1.21 bits per heavy atom. The highest BCUT2D eigenvalue weighted by Crippen LogP contribution is 2.29. The van der Waals surface area contributed by atoms with Crippen LogP contribution in [0.3, 0.4) is 0 Å². The zero-order chi connectivity index (χ0) is 16.5.